The van der Waals surface area contributed by atoms with Crippen molar-refractivity contribution in [1.82, 2.24) is 35.8 Å². The van der Waals surface area contributed by atoms with Crippen LogP contribution < -0.4 is 36.5 Å². The maximum atomic E-state index is 13.5. The number of sulfonamides is 1. The van der Waals surface area contributed by atoms with Gasteiger partial charge in [0.2, 0.25) is 15.9 Å². The van der Waals surface area contributed by atoms with Crippen LogP contribution in [0.2, 0.25) is 0 Å². The summed E-state index contributed by atoms with van der Waals surface area (Å²) in [6, 6.07) is 6.89. The summed E-state index contributed by atoms with van der Waals surface area (Å²) in [5.41, 5.74) is 7.35. The zero-order valence-corrected chi connectivity index (χ0v) is 29.5. The van der Waals surface area contributed by atoms with Crippen LogP contribution in [0.1, 0.15) is 47.2 Å². The summed E-state index contributed by atoms with van der Waals surface area (Å²) in [5.74, 6) is -0.219. The van der Waals surface area contributed by atoms with Crippen LogP contribution in [0.25, 0.3) is 10.9 Å². The van der Waals surface area contributed by atoms with E-state index in [9.17, 15) is 22.8 Å². The van der Waals surface area contributed by atoms with E-state index in [-0.39, 0.29) is 30.4 Å². The van der Waals surface area contributed by atoms with Crippen molar-refractivity contribution >= 4 is 44.7 Å². The molecule has 50 heavy (non-hydrogen) atoms. The van der Waals surface area contributed by atoms with Gasteiger partial charge in [-0.15, -0.1) is 0 Å². The fraction of sp³-hybridized carbons (Fsp3) is 0.485. The Bertz CT molecular complexity index is 1770. The van der Waals surface area contributed by atoms with E-state index < -0.39 is 27.9 Å². The van der Waals surface area contributed by atoms with Gasteiger partial charge in [-0.1, -0.05) is 0 Å². The Kier molecular flexibility index (Phi) is 13.9. The Labute approximate surface area is 292 Å². The number of nitrogens with zero attached hydrogens (tertiary/aromatic N) is 3. The molecule has 4 rings (SSSR count). The Hall–Kier alpha value is -4.74. The van der Waals surface area contributed by atoms with Crippen LogP contribution in [0.3, 0.4) is 0 Å². The van der Waals surface area contributed by atoms with Gasteiger partial charge in [-0.2, -0.15) is 9.82 Å². The minimum Gasteiger partial charge on any atom is -0.494 e. The largest absolute Gasteiger partial charge is 0.494 e. The molecule has 0 bridgehead atoms. The van der Waals surface area contributed by atoms with Crippen LogP contribution in [0.4, 0.5) is 0 Å². The molecule has 1 aromatic heterocycles. The first-order valence-corrected chi connectivity index (χ1v) is 18.1. The molecule has 0 aliphatic carbocycles. The number of benzene rings is 2. The second-order valence-electron chi connectivity index (χ2n) is 11.8. The van der Waals surface area contributed by atoms with Crippen LogP contribution in [0, 0.1) is 13.8 Å². The Morgan fingerprint density at radius 1 is 1.08 bits per heavy atom. The first-order chi connectivity index (χ1) is 24.0. The number of aliphatic imine (C=N–C) groups is 1. The van der Waals surface area contributed by atoms with E-state index in [1.165, 1.54) is 0 Å². The average molecular weight is 714 g/mol. The van der Waals surface area contributed by atoms with Crippen LogP contribution in [-0.4, -0.2) is 101 Å². The van der Waals surface area contributed by atoms with E-state index in [0.29, 0.717) is 48.5 Å². The van der Waals surface area contributed by atoms with Gasteiger partial charge in [0, 0.05) is 63.2 Å². The number of ether oxygens (including phenoxy) is 2. The predicted molar refractivity (Wildman–Crippen MR) is 188 cm³/mol. The molecule has 272 valence electrons. The van der Waals surface area contributed by atoms with Gasteiger partial charge in [-0.05, 0) is 74.6 Å². The normalized spacial score (nSPS) is 13.6. The van der Waals surface area contributed by atoms with Crippen molar-refractivity contribution < 1.29 is 32.3 Å². The van der Waals surface area contributed by atoms with Crippen molar-refractivity contribution in [2.45, 2.75) is 57.0 Å². The minimum absolute atomic E-state index is 0.0242. The molecule has 0 saturated heterocycles. The number of fused-ring (bicyclic) bond motifs is 1. The molecular formula is C33H47N9O7S. The van der Waals surface area contributed by atoms with E-state index in [1.54, 1.807) is 50.4 Å². The van der Waals surface area contributed by atoms with E-state index in [2.05, 4.69) is 36.1 Å². The Morgan fingerprint density at radius 3 is 2.56 bits per heavy atom. The molecule has 1 aliphatic heterocycles. The molecule has 0 unspecified atom stereocenters. The van der Waals surface area contributed by atoms with Crippen LogP contribution in [0.5, 0.6) is 5.75 Å². The third kappa shape index (κ3) is 10.6. The van der Waals surface area contributed by atoms with Gasteiger partial charge < -0.3 is 36.5 Å². The standard InChI is InChI=1S/C33H47N9O7S/c1-22-17-26(49-16-4-7-29(43)35-14-10-34)18-23(2)30(22)50(46,47)41-27(32(45)48-3)21-39-31(44)24-8-9-28-25(19-24)20-40-42(28)15-6-13-38-33-36-11-5-12-37-33/h8-9,17-20,27,41H,4-7,10-16,21,34H2,1-3H3,(H,35,43)(H,39,44)(H2,36,37,38)/t27-/m0/s1. The third-order valence-electron chi connectivity index (χ3n) is 7.88. The number of carbonyl (C=O) groups is 3. The lowest BCUT2D eigenvalue weighted by Gasteiger charge is -2.20. The molecule has 1 atom stereocenters. The number of carbonyl (C=O) groups excluding carboxylic acids is 3. The number of aromatic nitrogens is 2. The summed E-state index contributed by atoms with van der Waals surface area (Å²) >= 11 is 0. The number of hydrogen-bond acceptors (Lipinski definition) is 12. The van der Waals surface area contributed by atoms with Crippen LogP contribution in [0.15, 0.2) is 46.4 Å². The molecule has 2 heterocycles. The number of nitrogens with one attached hydrogen (secondary N) is 5. The quantitative estimate of drug-likeness (QED) is 0.0786. The molecule has 2 amide bonds. The molecule has 17 heteroatoms. The summed E-state index contributed by atoms with van der Waals surface area (Å²) in [7, 11) is -3.10. The van der Waals surface area contributed by atoms with Gasteiger partial charge in [0.1, 0.15) is 11.8 Å². The average Bonchev–Trinajstić information content (AvgIpc) is 3.51. The second kappa shape index (κ2) is 18.3. The maximum Gasteiger partial charge on any atom is 0.325 e. The first kappa shape index (κ1) is 38.1. The second-order valence-corrected chi connectivity index (χ2v) is 13.5. The van der Waals surface area contributed by atoms with Gasteiger partial charge in [0.15, 0.2) is 5.96 Å². The fourth-order valence-corrected chi connectivity index (χ4v) is 7.13. The van der Waals surface area contributed by atoms with E-state index in [4.69, 9.17) is 15.2 Å². The molecule has 1 aliphatic rings. The number of nitrogens with two attached hydrogens (primary N) is 1. The third-order valence-corrected chi connectivity index (χ3v) is 9.65. The molecule has 0 fully saturated rings. The molecule has 16 nitrogen and oxygen atoms in total. The smallest absolute Gasteiger partial charge is 0.325 e. The van der Waals surface area contributed by atoms with Crippen LogP contribution in [-0.2, 0) is 30.9 Å². The zero-order chi connectivity index (χ0) is 36.1. The van der Waals surface area contributed by atoms with Crippen molar-refractivity contribution in [2.75, 3.05) is 53.0 Å². The topological polar surface area (TPSA) is 220 Å². The Balaban J connectivity index is 1.33. The van der Waals surface area contributed by atoms with E-state index >= 15 is 0 Å². The van der Waals surface area contributed by atoms with Gasteiger partial charge >= 0.3 is 5.97 Å². The lowest BCUT2D eigenvalue weighted by Crippen LogP contribution is -2.49. The van der Waals surface area contributed by atoms with Crippen molar-refractivity contribution in [3.63, 3.8) is 0 Å². The first-order valence-electron chi connectivity index (χ1n) is 16.6. The van der Waals surface area contributed by atoms with E-state index in [1.807, 2.05) is 4.68 Å². The van der Waals surface area contributed by atoms with Crippen molar-refractivity contribution in [1.29, 1.82) is 0 Å². The van der Waals surface area contributed by atoms with Crippen molar-refractivity contribution in [2.24, 2.45) is 10.7 Å². The number of methoxy groups -OCH3 is 1. The summed E-state index contributed by atoms with van der Waals surface area (Å²) in [5, 5.41) is 17.1. The van der Waals surface area contributed by atoms with Crippen LogP contribution >= 0.6 is 0 Å². The number of hydrogen-bond donors (Lipinski definition) is 6. The monoisotopic (exact) mass is 713 g/mol. The molecule has 0 spiro atoms. The van der Waals surface area contributed by atoms with Gasteiger partial charge in [-0.3, -0.25) is 24.1 Å². The lowest BCUT2D eigenvalue weighted by molar-refractivity contribution is -0.142. The fourth-order valence-electron chi connectivity index (χ4n) is 5.49. The summed E-state index contributed by atoms with van der Waals surface area (Å²) in [6.07, 6.45) is 4.27. The molecule has 7 N–H and O–H groups in total. The lowest BCUT2D eigenvalue weighted by atomic mass is 10.1. The SMILES string of the molecule is COC(=O)[C@H](CNC(=O)c1ccc2c(cnn2CCCNC2=NCCCN2)c1)NS(=O)(=O)c1c(C)cc(OCCCC(=O)NCCN)cc1C. The van der Waals surface area contributed by atoms with Crippen molar-refractivity contribution in [3.05, 3.63) is 53.2 Å². The highest BCUT2D eigenvalue weighted by molar-refractivity contribution is 7.89. The van der Waals surface area contributed by atoms with Gasteiger partial charge in [0.05, 0.1) is 30.3 Å². The highest BCUT2D eigenvalue weighted by atomic mass is 32.2. The Morgan fingerprint density at radius 2 is 1.86 bits per heavy atom. The maximum absolute atomic E-state index is 13.5. The number of rotatable bonds is 18. The molecule has 0 saturated carbocycles. The molecule has 3 aromatic rings. The van der Waals surface area contributed by atoms with Crippen molar-refractivity contribution in [3.8, 4) is 5.75 Å². The molecule has 2 aromatic carbocycles. The number of amides is 2. The number of guanidine groups is 1. The number of esters is 1. The number of aryl methyl sites for hydroxylation is 3. The van der Waals surface area contributed by atoms with Gasteiger partial charge in [-0.25, -0.2) is 8.42 Å². The summed E-state index contributed by atoms with van der Waals surface area (Å²) in [6.45, 7) is 7.03. The molecule has 0 radical (unpaired) electrons. The predicted octanol–water partition coefficient (Wildman–Crippen LogP) is 0.466. The minimum atomic E-state index is -4.24. The summed E-state index contributed by atoms with van der Waals surface area (Å²) < 4.78 is 41.9. The highest BCUT2D eigenvalue weighted by Crippen LogP contribution is 2.26. The van der Waals surface area contributed by atoms with Gasteiger partial charge in [0.25, 0.3) is 5.91 Å². The van der Waals surface area contributed by atoms with E-state index in [0.717, 1.165) is 56.4 Å². The highest BCUT2D eigenvalue weighted by Gasteiger charge is 2.29. The molecular weight excluding hydrogens is 666 g/mol. The zero-order valence-electron chi connectivity index (χ0n) is 28.7. The summed E-state index contributed by atoms with van der Waals surface area (Å²) in [4.78, 5) is 41.9.